The Morgan fingerprint density at radius 1 is 1.03 bits per heavy atom. The predicted molar refractivity (Wildman–Crippen MR) is 126 cm³/mol. The van der Waals surface area contributed by atoms with Gasteiger partial charge < -0.3 is 9.64 Å². The third-order valence-corrected chi connectivity index (χ3v) is 4.88. The Kier molecular flexibility index (Phi) is 5.82. The minimum Gasteiger partial charge on any atom is -0.488 e. The van der Waals surface area contributed by atoms with E-state index >= 15 is 0 Å². The standard InChI is InChI=1S/C25H28FN5O/c1-6-9-31(20-10-18(26)11-21(12-20)32-25(2,3)4)19-7-8-22-23(13-19)29-24(15-27-22)17-14-28-30(5)16-17/h7-8,10-16H,6,9H2,1-5H3. The van der Waals surface area contributed by atoms with Crippen LogP contribution >= 0.6 is 0 Å². The van der Waals surface area contributed by atoms with Crippen LogP contribution in [0.15, 0.2) is 55.0 Å². The van der Waals surface area contributed by atoms with E-state index in [2.05, 4.69) is 21.9 Å². The van der Waals surface area contributed by atoms with Gasteiger partial charge in [-0.3, -0.25) is 9.67 Å². The summed E-state index contributed by atoms with van der Waals surface area (Å²) in [6, 6.07) is 10.8. The van der Waals surface area contributed by atoms with Crippen molar-refractivity contribution in [1.82, 2.24) is 19.7 Å². The summed E-state index contributed by atoms with van der Waals surface area (Å²) >= 11 is 0. The summed E-state index contributed by atoms with van der Waals surface area (Å²) in [6.45, 7) is 8.66. The van der Waals surface area contributed by atoms with Crippen molar-refractivity contribution in [3.8, 4) is 17.0 Å². The molecule has 7 heteroatoms. The molecule has 0 N–H and O–H groups in total. The lowest BCUT2D eigenvalue weighted by Gasteiger charge is -2.27. The van der Waals surface area contributed by atoms with Gasteiger partial charge in [0.05, 0.1) is 29.1 Å². The highest BCUT2D eigenvalue weighted by Gasteiger charge is 2.17. The maximum absolute atomic E-state index is 14.5. The van der Waals surface area contributed by atoms with Crippen LogP contribution in [0.25, 0.3) is 22.3 Å². The highest BCUT2D eigenvalue weighted by atomic mass is 19.1. The number of fused-ring (bicyclic) bond motifs is 1. The molecule has 32 heavy (non-hydrogen) atoms. The monoisotopic (exact) mass is 433 g/mol. The zero-order chi connectivity index (χ0) is 22.9. The summed E-state index contributed by atoms with van der Waals surface area (Å²) in [6.07, 6.45) is 6.33. The van der Waals surface area contributed by atoms with Crippen LogP contribution in [0.1, 0.15) is 34.1 Å². The molecule has 0 radical (unpaired) electrons. The molecule has 4 rings (SSSR count). The molecular weight excluding hydrogens is 405 g/mol. The third-order valence-electron chi connectivity index (χ3n) is 4.88. The van der Waals surface area contributed by atoms with Crippen molar-refractivity contribution in [3.63, 3.8) is 0 Å². The summed E-state index contributed by atoms with van der Waals surface area (Å²) in [5.74, 6) is 0.176. The van der Waals surface area contributed by atoms with E-state index in [0.717, 1.165) is 46.6 Å². The third kappa shape index (κ3) is 4.88. The second-order valence-electron chi connectivity index (χ2n) is 8.84. The highest BCUT2D eigenvalue weighted by Crippen LogP contribution is 2.33. The molecule has 0 aliphatic heterocycles. The van der Waals surface area contributed by atoms with Crippen molar-refractivity contribution < 1.29 is 9.13 Å². The van der Waals surface area contributed by atoms with Crippen molar-refractivity contribution >= 4 is 22.4 Å². The van der Waals surface area contributed by atoms with Gasteiger partial charge >= 0.3 is 0 Å². The van der Waals surface area contributed by atoms with Gasteiger partial charge in [0, 0.05) is 48.9 Å². The first kappa shape index (κ1) is 21.7. The molecule has 2 aromatic heterocycles. The number of rotatable bonds is 6. The fourth-order valence-electron chi connectivity index (χ4n) is 3.61. The van der Waals surface area contributed by atoms with Crippen LogP contribution in [0.3, 0.4) is 0 Å². The molecule has 0 spiro atoms. The number of hydrogen-bond acceptors (Lipinski definition) is 5. The van der Waals surface area contributed by atoms with Gasteiger partial charge in [0.2, 0.25) is 0 Å². The van der Waals surface area contributed by atoms with Crippen molar-refractivity contribution in [2.24, 2.45) is 7.05 Å². The van der Waals surface area contributed by atoms with Gasteiger partial charge in [0.15, 0.2) is 0 Å². The first-order valence-corrected chi connectivity index (χ1v) is 10.7. The number of nitrogens with zero attached hydrogens (tertiary/aromatic N) is 5. The largest absolute Gasteiger partial charge is 0.488 e. The Morgan fingerprint density at radius 2 is 1.84 bits per heavy atom. The minimum atomic E-state index is -0.415. The van der Waals surface area contributed by atoms with E-state index in [1.54, 1.807) is 17.1 Å². The molecule has 0 aliphatic rings. The molecule has 0 atom stereocenters. The van der Waals surface area contributed by atoms with E-state index in [1.165, 1.54) is 12.1 Å². The molecule has 6 nitrogen and oxygen atoms in total. The number of benzene rings is 2. The van der Waals surface area contributed by atoms with Gasteiger partial charge in [0.25, 0.3) is 0 Å². The Labute approximate surface area is 187 Å². The molecule has 2 aromatic carbocycles. The molecular formula is C25H28FN5O. The fourth-order valence-corrected chi connectivity index (χ4v) is 3.61. The summed E-state index contributed by atoms with van der Waals surface area (Å²) < 4.78 is 22.1. The van der Waals surface area contributed by atoms with Crippen LogP contribution in [0, 0.1) is 5.82 Å². The Hall–Kier alpha value is -3.48. The quantitative estimate of drug-likeness (QED) is 0.379. The highest BCUT2D eigenvalue weighted by molar-refractivity contribution is 5.82. The summed E-state index contributed by atoms with van der Waals surface area (Å²) in [4.78, 5) is 11.4. The number of hydrogen-bond donors (Lipinski definition) is 0. The van der Waals surface area contributed by atoms with Crippen LogP contribution in [0.4, 0.5) is 15.8 Å². The molecule has 0 aliphatic carbocycles. The minimum absolute atomic E-state index is 0.331. The van der Waals surface area contributed by atoms with Crippen LogP contribution in [-0.2, 0) is 7.05 Å². The van der Waals surface area contributed by atoms with Crippen molar-refractivity contribution in [3.05, 3.63) is 60.8 Å². The second-order valence-corrected chi connectivity index (χ2v) is 8.84. The average Bonchev–Trinajstić information content (AvgIpc) is 3.16. The molecule has 0 saturated carbocycles. The molecule has 0 bridgehead atoms. The molecule has 4 aromatic rings. The SMILES string of the molecule is CCCN(c1cc(F)cc(OC(C)(C)C)c1)c1ccc2ncc(-c3cnn(C)c3)nc2c1. The van der Waals surface area contributed by atoms with E-state index in [4.69, 9.17) is 9.72 Å². The Morgan fingerprint density at radius 3 is 2.53 bits per heavy atom. The zero-order valence-electron chi connectivity index (χ0n) is 19.1. The summed E-state index contributed by atoms with van der Waals surface area (Å²) in [5, 5.41) is 4.22. The fraction of sp³-hybridized carbons (Fsp3) is 0.320. The normalized spacial score (nSPS) is 11.7. The average molecular weight is 434 g/mol. The molecule has 0 saturated heterocycles. The first-order valence-electron chi connectivity index (χ1n) is 10.7. The van der Waals surface area contributed by atoms with Gasteiger partial charge in [-0.1, -0.05) is 6.92 Å². The van der Waals surface area contributed by atoms with E-state index < -0.39 is 5.60 Å². The van der Waals surface area contributed by atoms with Gasteiger partial charge in [0.1, 0.15) is 17.2 Å². The van der Waals surface area contributed by atoms with Crippen LogP contribution in [0.2, 0.25) is 0 Å². The van der Waals surface area contributed by atoms with Gasteiger partial charge in [-0.15, -0.1) is 0 Å². The topological polar surface area (TPSA) is 56.1 Å². The lowest BCUT2D eigenvalue weighted by molar-refractivity contribution is 0.130. The number of aryl methyl sites for hydroxylation is 1. The van der Waals surface area contributed by atoms with E-state index in [0.29, 0.717) is 5.75 Å². The number of aromatic nitrogens is 4. The molecule has 0 fully saturated rings. The van der Waals surface area contributed by atoms with Crippen molar-refractivity contribution in [1.29, 1.82) is 0 Å². The lowest BCUT2D eigenvalue weighted by Crippen LogP contribution is -2.23. The summed E-state index contributed by atoms with van der Waals surface area (Å²) in [5.41, 5.74) is 4.48. The van der Waals surface area contributed by atoms with Gasteiger partial charge in [-0.2, -0.15) is 5.10 Å². The summed E-state index contributed by atoms with van der Waals surface area (Å²) in [7, 11) is 1.87. The molecule has 0 unspecified atom stereocenters. The molecule has 166 valence electrons. The van der Waals surface area contributed by atoms with E-state index in [1.807, 2.05) is 58.3 Å². The van der Waals surface area contributed by atoms with Gasteiger partial charge in [-0.25, -0.2) is 9.37 Å². The second kappa shape index (κ2) is 8.57. The van der Waals surface area contributed by atoms with E-state index in [9.17, 15) is 4.39 Å². The first-order chi connectivity index (χ1) is 15.2. The number of anilines is 2. The van der Waals surface area contributed by atoms with Crippen LogP contribution in [0.5, 0.6) is 5.75 Å². The lowest BCUT2D eigenvalue weighted by atomic mass is 10.1. The maximum Gasteiger partial charge on any atom is 0.128 e. The van der Waals surface area contributed by atoms with E-state index in [-0.39, 0.29) is 5.82 Å². The van der Waals surface area contributed by atoms with Crippen molar-refractivity contribution in [2.75, 3.05) is 11.4 Å². The Bertz CT molecular complexity index is 1240. The number of ether oxygens (including phenoxy) is 1. The van der Waals surface area contributed by atoms with Crippen molar-refractivity contribution in [2.45, 2.75) is 39.7 Å². The Balaban J connectivity index is 1.75. The van der Waals surface area contributed by atoms with Crippen LogP contribution < -0.4 is 9.64 Å². The van der Waals surface area contributed by atoms with Gasteiger partial charge in [-0.05, 0) is 51.5 Å². The van der Waals surface area contributed by atoms with Crippen LogP contribution in [-0.4, -0.2) is 31.9 Å². The molecule has 0 amide bonds. The zero-order valence-corrected chi connectivity index (χ0v) is 19.1. The number of halogens is 1. The smallest absolute Gasteiger partial charge is 0.128 e. The predicted octanol–water partition coefficient (Wildman–Crippen LogP) is 5.89. The maximum atomic E-state index is 14.5. The molecule has 2 heterocycles.